The molecule has 0 spiro atoms. The van der Waals surface area contributed by atoms with Gasteiger partial charge in [-0.3, -0.25) is 4.90 Å². The topological polar surface area (TPSA) is 41.5 Å². The second kappa shape index (κ2) is 15.0. The van der Waals surface area contributed by atoms with Crippen LogP contribution in [0.4, 0.5) is 5.82 Å². The van der Waals surface area contributed by atoms with E-state index in [0.717, 1.165) is 67.0 Å². The SMILES string of the molecule is CC1CCC(C)CC1.CCC1CN(Cc2ccccc2)CCO1.Cc1nc(N(C)C)c2ccccc2n1. The fourth-order valence-electron chi connectivity index (χ4n) is 4.95. The van der Waals surface area contributed by atoms with Crippen LogP contribution in [0, 0.1) is 18.8 Å². The Morgan fingerprint density at radius 3 is 2.14 bits per heavy atom. The summed E-state index contributed by atoms with van der Waals surface area (Å²) in [5.74, 6) is 3.83. The number of benzene rings is 2. The molecule has 1 aromatic heterocycles. The molecular formula is C32H48N4O. The van der Waals surface area contributed by atoms with Gasteiger partial charge in [0.15, 0.2) is 0 Å². The number of fused-ring (bicyclic) bond motifs is 1. The Balaban J connectivity index is 0.000000161. The molecule has 0 N–H and O–H groups in total. The molecule has 1 unspecified atom stereocenters. The van der Waals surface area contributed by atoms with E-state index < -0.39 is 0 Å². The number of rotatable bonds is 4. The average Bonchev–Trinajstić information content (AvgIpc) is 2.91. The minimum Gasteiger partial charge on any atom is -0.376 e. The third kappa shape index (κ3) is 9.71. The lowest BCUT2D eigenvalue weighted by molar-refractivity contribution is -0.0324. The molecule has 1 atom stereocenters. The highest BCUT2D eigenvalue weighted by atomic mass is 16.5. The molecule has 2 aliphatic rings. The van der Waals surface area contributed by atoms with Gasteiger partial charge in [-0.2, -0.15) is 0 Å². The van der Waals surface area contributed by atoms with Crippen molar-refractivity contribution < 1.29 is 4.74 Å². The van der Waals surface area contributed by atoms with E-state index in [4.69, 9.17) is 4.74 Å². The number of hydrogen-bond acceptors (Lipinski definition) is 5. The number of aryl methyl sites for hydroxylation is 1. The lowest BCUT2D eigenvalue weighted by Gasteiger charge is -2.32. The summed E-state index contributed by atoms with van der Waals surface area (Å²) in [6.07, 6.45) is 7.44. The van der Waals surface area contributed by atoms with E-state index in [1.165, 1.54) is 31.2 Å². The highest BCUT2D eigenvalue weighted by molar-refractivity contribution is 5.89. The number of ether oxygens (including phenoxy) is 1. The maximum absolute atomic E-state index is 5.65. The van der Waals surface area contributed by atoms with E-state index in [1.54, 1.807) is 0 Å². The third-order valence-electron chi connectivity index (χ3n) is 7.35. The van der Waals surface area contributed by atoms with Crippen molar-refractivity contribution in [3.63, 3.8) is 0 Å². The zero-order valence-corrected chi connectivity index (χ0v) is 24.0. The van der Waals surface area contributed by atoms with E-state index in [9.17, 15) is 0 Å². The maximum atomic E-state index is 5.65. The van der Waals surface area contributed by atoms with E-state index in [-0.39, 0.29) is 0 Å². The number of morpholine rings is 1. The summed E-state index contributed by atoms with van der Waals surface area (Å²) >= 11 is 0. The number of anilines is 1. The molecule has 5 nitrogen and oxygen atoms in total. The van der Waals surface area contributed by atoms with Crippen LogP contribution >= 0.6 is 0 Å². The zero-order chi connectivity index (χ0) is 26.6. The van der Waals surface area contributed by atoms with Gasteiger partial charge in [0.1, 0.15) is 11.6 Å². The predicted molar refractivity (Wildman–Crippen MR) is 157 cm³/mol. The Labute approximate surface area is 225 Å². The number of para-hydroxylation sites is 1. The van der Waals surface area contributed by atoms with Crippen LogP contribution in [0.2, 0.25) is 0 Å². The number of aromatic nitrogens is 2. The van der Waals surface area contributed by atoms with Crippen LogP contribution in [0.25, 0.3) is 10.9 Å². The fraction of sp³-hybridized carbons (Fsp3) is 0.562. The molecule has 0 amide bonds. The minimum absolute atomic E-state index is 0.433. The Morgan fingerprint density at radius 1 is 0.892 bits per heavy atom. The van der Waals surface area contributed by atoms with Crippen molar-refractivity contribution in [3.8, 4) is 0 Å². The van der Waals surface area contributed by atoms with Gasteiger partial charge in [0.2, 0.25) is 0 Å². The van der Waals surface area contributed by atoms with Crippen LogP contribution in [0.1, 0.15) is 64.3 Å². The Hall–Kier alpha value is -2.50. The summed E-state index contributed by atoms with van der Waals surface area (Å²) < 4.78 is 5.65. The summed E-state index contributed by atoms with van der Waals surface area (Å²) in [4.78, 5) is 13.3. The molecule has 1 aliphatic heterocycles. The lowest BCUT2D eigenvalue weighted by atomic mass is 9.84. The molecule has 0 radical (unpaired) electrons. The van der Waals surface area contributed by atoms with Crippen LogP contribution in [-0.4, -0.2) is 54.8 Å². The Kier molecular flexibility index (Phi) is 11.8. The summed E-state index contributed by atoms with van der Waals surface area (Å²) in [7, 11) is 3.99. The second-order valence-corrected chi connectivity index (χ2v) is 11.0. The normalized spacial score (nSPS) is 21.8. The molecule has 1 saturated heterocycles. The second-order valence-electron chi connectivity index (χ2n) is 11.0. The van der Waals surface area contributed by atoms with E-state index >= 15 is 0 Å². The Bertz CT molecular complexity index is 1040. The van der Waals surface area contributed by atoms with Crippen molar-refractivity contribution in [1.82, 2.24) is 14.9 Å². The highest BCUT2D eigenvalue weighted by Crippen LogP contribution is 2.27. The first-order valence-electron chi connectivity index (χ1n) is 14.1. The van der Waals surface area contributed by atoms with Gasteiger partial charge in [-0.15, -0.1) is 0 Å². The monoisotopic (exact) mass is 504 g/mol. The van der Waals surface area contributed by atoms with Crippen molar-refractivity contribution >= 4 is 16.7 Å². The van der Waals surface area contributed by atoms with Crippen molar-refractivity contribution in [2.75, 3.05) is 38.7 Å². The van der Waals surface area contributed by atoms with Crippen LogP contribution in [0.3, 0.4) is 0 Å². The standard InChI is InChI=1S/C13H19NO.C11H13N3.C8H16/c1-2-13-11-14(8-9-15-13)10-12-6-4-3-5-7-12;1-8-12-10-7-5-4-6-9(10)11(13-8)14(2)3;1-7-3-5-8(2)6-4-7/h3-7,13H,2,8-11H2,1H3;4-7H,1-3H3;7-8H,3-6H2,1-2H3. The number of hydrogen-bond donors (Lipinski definition) is 0. The van der Waals surface area contributed by atoms with Gasteiger partial charge in [-0.25, -0.2) is 9.97 Å². The molecule has 5 rings (SSSR count). The highest BCUT2D eigenvalue weighted by Gasteiger charge is 2.18. The zero-order valence-electron chi connectivity index (χ0n) is 24.0. The average molecular weight is 505 g/mol. The maximum Gasteiger partial charge on any atom is 0.139 e. The predicted octanol–water partition coefficient (Wildman–Crippen LogP) is 7.13. The summed E-state index contributed by atoms with van der Waals surface area (Å²) in [5, 5.41) is 1.10. The Morgan fingerprint density at radius 2 is 1.51 bits per heavy atom. The van der Waals surface area contributed by atoms with Crippen molar-refractivity contribution in [2.24, 2.45) is 11.8 Å². The number of nitrogens with zero attached hydrogens (tertiary/aromatic N) is 4. The first-order chi connectivity index (χ1) is 17.9. The summed E-state index contributed by atoms with van der Waals surface area (Å²) in [6.45, 7) is 12.9. The molecule has 5 heteroatoms. The van der Waals surface area contributed by atoms with Crippen molar-refractivity contribution in [3.05, 3.63) is 66.0 Å². The van der Waals surface area contributed by atoms with Gasteiger partial charge in [-0.1, -0.05) is 88.9 Å². The van der Waals surface area contributed by atoms with Gasteiger partial charge in [0.25, 0.3) is 0 Å². The van der Waals surface area contributed by atoms with Gasteiger partial charge < -0.3 is 9.64 Å². The molecule has 3 aromatic rings. The largest absolute Gasteiger partial charge is 0.376 e. The van der Waals surface area contributed by atoms with Crippen LogP contribution in [0.15, 0.2) is 54.6 Å². The van der Waals surface area contributed by atoms with Gasteiger partial charge >= 0.3 is 0 Å². The fourth-order valence-corrected chi connectivity index (χ4v) is 4.95. The molecule has 37 heavy (non-hydrogen) atoms. The molecule has 2 fully saturated rings. The van der Waals surface area contributed by atoms with E-state index in [0.29, 0.717) is 6.10 Å². The smallest absolute Gasteiger partial charge is 0.139 e. The molecule has 2 aromatic carbocycles. The summed E-state index contributed by atoms with van der Waals surface area (Å²) in [5.41, 5.74) is 2.40. The van der Waals surface area contributed by atoms with Crippen molar-refractivity contribution in [1.29, 1.82) is 0 Å². The summed E-state index contributed by atoms with van der Waals surface area (Å²) in [6, 6.07) is 18.7. The quantitative estimate of drug-likeness (QED) is 0.378. The van der Waals surface area contributed by atoms with Crippen molar-refractivity contribution in [2.45, 2.75) is 72.4 Å². The first-order valence-corrected chi connectivity index (χ1v) is 14.1. The van der Waals surface area contributed by atoms with Crippen LogP contribution in [0.5, 0.6) is 0 Å². The molecule has 202 valence electrons. The van der Waals surface area contributed by atoms with E-state index in [2.05, 4.69) is 66.0 Å². The molecule has 1 saturated carbocycles. The molecule has 1 aliphatic carbocycles. The van der Waals surface area contributed by atoms with Gasteiger partial charge in [0.05, 0.1) is 18.2 Å². The molecule has 2 heterocycles. The van der Waals surface area contributed by atoms with E-state index in [1.807, 2.05) is 50.2 Å². The first kappa shape index (κ1) is 29.1. The van der Waals surface area contributed by atoms with Gasteiger partial charge in [0, 0.05) is 39.1 Å². The third-order valence-corrected chi connectivity index (χ3v) is 7.35. The van der Waals surface area contributed by atoms with Crippen LogP contribution < -0.4 is 4.90 Å². The lowest BCUT2D eigenvalue weighted by Crippen LogP contribution is -2.41. The van der Waals surface area contributed by atoms with Crippen LogP contribution in [-0.2, 0) is 11.3 Å². The molecule has 0 bridgehead atoms. The minimum atomic E-state index is 0.433. The molecular weight excluding hydrogens is 456 g/mol. The van der Waals surface area contributed by atoms with Gasteiger partial charge in [-0.05, 0) is 42.9 Å².